The van der Waals surface area contributed by atoms with E-state index < -0.39 is 0 Å². The van der Waals surface area contributed by atoms with Gasteiger partial charge in [0.2, 0.25) is 0 Å². The van der Waals surface area contributed by atoms with E-state index in [0.29, 0.717) is 12.5 Å². The number of nitrogens with zero attached hydrogens (tertiary/aromatic N) is 2. The molecule has 25 heavy (non-hydrogen) atoms. The van der Waals surface area contributed by atoms with Gasteiger partial charge in [-0.05, 0) is 43.0 Å². The standard InChI is InChI=1S/C18H20N4OS.HI/c19-18(20-10-12-4-3-5-12)21-11-13-8-9-15(23-13)17-22-14-6-1-2-7-16(14)24-17;/h1-2,6-9,12H,3-5,10-11H2,(H3,19,20,21);1H. The van der Waals surface area contributed by atoms with Gasteiger partial charge in [-0.2, -0.15) is 0 Å². The number of fused-ring (bicyclic) bond motifs is 1. The van der Waals surface area contributed by atoms with Crippen LogP contribution in [0, 0.1) is 5.92 Å². The number of thiazole rings is 1. The van der Waals surface area contributed by atoms with Crippen molar-refractivity contribution in [3.8, 4) is 10.8 Å². The zero-order valence-electron chi connectivity index (χ0n) is 13.8. The minimum Gasteiger partial charge on any atom is -0.457 e. The lowest BCUT2D eigenvalue weighted by atomic mass is 9.85. The molecule has 0 atom stereocenters. The van der Waals surface area contributed by atoms with Crippen molar-refractivity contribution in [1.82, 2.24) is 10.3 Å². The molecule has 0 amide bonds. The Morgan fingerprint density at radius 2 is 2.12 bits per heavy atom. The van der Waals surface area contributed by atoms with Crippen molar-refractivity contribution < 1.29 is 4.42 Å². The van der Waals surface area contributed by atoms with Gasteiger partial charge in [-0.15, -0.1) is 35.3 Å². The number of nitrogens with one attached hydrogen (secondary N) is 1. The Kier molecular flexibility index (Phi) is 5.95. The maximum atomic E-state index is 5.90. The van der Waals surface area contributed by atoms with Crippen LogP contribution in [0.1, 0.15) is 25.0 Å². The average molecular weight is 468 g/mol. The van der Waals surface area contributed by atoms with Gasteiger partial charge < -0.3 is 15.5 Å². The molecule has 0 bridgehead atoms. The van der Waals surface area contributed by atoms with Crippen LogP contribution in [0.3, 0.4) is 0 Å². The molecule has 7 heteroatoms. The zero-order valence-corrected chi connectivity index (χ0v) is 16.9. The molecule has 1 aliphatic rings. The number of aliphatic imine (C=N–C) groups is 1. The number of rotatable bonds is 5. The molecular weight excluding hydrogens is 447 g/mol. The van der Waals surface area contributed by atoms with Gasteiger partial charge in [-0.25, -0.2) is 9.98 Å². The summed E-state index contributed by atoms with van der Waals surface area (Å²) < 4.78 is 7.03. The third kappa shape index (κ3) is 4.33. The topological polar surface area (TPSA) is 76.4 Å². The van der Waals surface area contributed by atoms with Crippen molar-refractivity contribution in [2.24, 2.45) is 16.6 Å². The molecule has 4 rings (SSSR count). The fraction of sp³-hybridized carbons (Fsp3) is 0.333. The van der Waals surface area contributed by atoms with Crippen LogP contribution in [0.25, 0.3) is 21.0 Å². The largest absolute Gasteiger partial charge is 0.457 e. The summed E-state index contributed by atoms with van der Waals surface area (Å²) in [5.74, 6) is 2.81. The number of nitrogens with two attached hydrogens (primary N) is 1. The first-order valence-corrected chi connectivity index (χ1v) is 9.08. The summed E-state index contributed by atoms with van der Waals surface area (Å²) in [4.78, 5) is 8.96. The minimum absolute atomic E-state index is 0. The van der Waals surface area contributed by atoms with E-state index in [9.17, 15) is 0 Å². The molecule has 1 aromatic carbocycles. The fourth-order valence-electron chi connectivity index (χ4n) is 2.72. The molecule has 0 unspecified atom stereocenters. The molecule has 0 spiro atoms. The summed E-state index contributed by atoms with van der Waals surface area (Å²) in [6.07, 6.45) is 3.93. The number of hydrogen-bond donors (Lipinski definition) is 2. The van der Waals surface area contributed by atoms with Gasteiger partial charge in [0.1, 0.15) is 12.3 Å². The van der Waals surface area contributed by atoms with Gasteiger partial charge in [0.25, 0.3) is 0 Å². The molecule has 0 aliphatic heterocycles. The molecule has 2 heterocycles. The van der Waals surface area contributed by atoms with Crippen molar-refractivity contribution in [2.75, 3.05) is 6.54 Å². The number of benzene rings is 1. The lowest BCUT2D eigenvalue weighted by molar-refractivity contribution is 0.315. The third-order valence-corrected chi connectivity index (χ3v) is 5.42. The predicted octanol–water partition coefficient (Wildman–Crippen LogP) is 4.38. The predicted molar refractivity (Wildman–Crippen MR) is 113 cm³/mol. The van der Waals surface area contributed by atoms with Gasteiger partial charge in [0.05, 0.1) is 10.2 Å². The Hall–Kier alpha value is -1.61. The summed E-state index contributed by atoms with van der Waals surface area (Å²) >= 11 is 1.63. The first kappa shape index (κ1) is 18.2. The summed E-state index contributed by atoms with van der Waals surface area (Å²) in [5.41, 5.74) is 6.90. The second-order valence-corrected chi connectivity index (χ2v) is 7.16. The number of hydrogen-bond acceptors (Lipinski definition) is 4. The Morgan fingerprint density at radius 3 is 2.88 bits per heavy atom. The summed E-state index contributed by atoms with van der Waals surface area (Å²) in [6.45, 7) is 1.36. The molecule has 2 aromatic heterocycles. The first-order chi connectivity index (χ1) is 11.8. The van der Waals surface area contributed by atoms with E-state index in [1.165, 1.54) is 19.3 Å². The second-order valence-electron chi connectivity index (χ2n) is 6.13. The van der Waals surface area contributed by atoms with Gasteiger partial charge in [0, 0.05) is 6.54 Å². The van der Waals surface area contributed by atoms with Crippen LogP contribution >= 0.6 is 35.3 Å². The van der Waals surface area contributed by atoms with E-state index in [2.05, 4.69) is 21.4 Å². The fourth-order valence-corrected chi connectivity index (χ4v) is 3.65. The SMILES string of the molecule is I.NC(=NCc1ccc(-c2nc3ccccc3s2)o1)NCC1CCC1. The highest BCUT2D eigenvalue weighted by molar-refractivity contribution is 14.0. The number of halogens is 1. The Balaban J connectivity index is 0.00000182. The van der Waals surface area contributed by atoms with Crippen LogP contribution in [-0.2, 0) is 6.54 Å². The first-order valence-electron chi connectivity index (χ1n) is 8.26. The molecule has 1 saturated carbocycles. The smallest absolute Gasteiger partial charge is 0.189 e. The quantitative estimate of drug-likeness (QED) is 0.331. The van der Waals surface area contributed by atoms with E-state index in [1.54, 1.807) is 11.3 Å². The Morgan fingerprint density at radius 1 is 1.28 bits per heavy atom. The van der Waals surface area contributed by atoms with Crippen molar-refractivity contribution in [3.63, 3.8) is 0 Å². The van der Waals surface area contributed by atoms with E-state index in [0.717, 1.165) is 39.2 Å². The molecule has 0 radical (unpaired) electrons. The minimum atomic E-state index is 0. The second kappa shape index (κ2) is 8.18. The van der Waals surface area contributed by atoms with E-state index >= 15 is 0 Å². The van der Waals surface area contributed by atoms with Crippen LogP contribution in [0.2, 0.25) is 0 Å². The maximum Gasteiger partial charge on any atom is 0.189 e. The summed E-state index contributed by atoms with van der Waals surface area (Å²) in [6, 6.07) is 12.0. The lowest BCUT2D eigenvalue weighted by Crippen LogP contribution is -2.37. The van der Waals surface area contributed by atoms with E-state index in [4.69, 9.17) is 10.2 Å². The number of guanidine groups is 1. The van der Waals surface area contributed by atoms with Crippen LogP contribution in [0.4, 0.5) is 0 Å². The molecule has 5 nitrogen and oxygen atoms in total. The highest BCUT2D eigenvalue weighted by Crippen LogP contribution is 2.31. The Labute approximate surface area is 167 Å². The number of furan rings is 1. The molecule has 132 valence electrons. The van der Waals surface area contributed by atoms with Crippen LogP contribution in [0.5, 0.6) is 0 Å². The summed E-state index contributed by atoms with van der Waals surface area (Å²) in [7, 11) is 0. The van der Waals surface area contributed by atoms with Crippen LogP contribution < -0.4 is 11.1 Å². The monoisotopic (exact) mass is 468 g/mol. The highest BCUT2D eigenvalue weighted by atomic mass is 127. The van der Waals surface area contributed by atoms with Crippen molar-refractivity contribution in [2.45, 2.75) is 25.8 Å². The average Bonchev–Trinajstić information content (AvgIpc) is 3.17. The Bertz CT molecular complexity index is 836. The van der Waals surface area contributed by atoms with Crippen LogP contribution in [-0.4, -0.2) is 17.5 Å². The molecular formula is C18H21IN4OS. The molecule has 1 aliphatic carbocycles. The highest BCUT2D eigenvalue weighted by Gasteiger charge is 2.16. The van der Waals surface area contributed by atoms with Gasteiger partial charge in [-0.3, -0.25) is 0 Å². The summed E-state index contributed by atoms with van der Waals surface area (Å²) in [5, 5.41) is 4.08. The lowest BCUT2D eigenvalue weighted by Gasteiger charge is -2.25. The van der Waals surface area contributed by atoms with E-state index in [1.807, 2.05) is 30.3 Å². The van der Waals surface area contributed by atoms with E-state index in [-0.39, 0.29) is 24.0 Å². The van der Waals surface area contributed by atoms with Crippen LogP contribution in [0.15, 0.2) is 45.8 Å². The number of aromatic nitrogens is 1. The number of para-hydroxylation sites is 1. The van der Waals surface area contributed by atoms with Gasteiger partial charge >= 0.3 is 0 Å². The zero-order chi connectivity index (χ0) is 16.4. The van der Waals surface area contributed by atoms with Crippen molar-refractivity contribution in [1.29, 1.82) is 0 Å². The molecule has 3 aromatic rings. The van der Waals surface area contributed by atoms with Crippen molar-refractivity contribution >= 4 is 51.5 Å². The van der Waals surface area contributed by atoms with Gasteiger partial charge in [0.15, 0.2) is 16.7 Å². The maximum absolute atomic E-state index is 5.90. The van der Waals surface area contributed by atoms with Crippen molar-refractivity contribution in [3.05, 3.63) is 42.2 Å². The molecule has 0 saturated heterocycles. The molecule has 1 fully saturated rings. The normalized spacial score (nSPS) is 15.0. The third-order valence-electron chi connectivity index (χ3n) is 4.37. The van der Waals surface area contributed by atoms with Gasteiger partial charge in [-0.1, -0.05) is 18.6 Å². The molecule has 3 N–H and O–H groups in total.